The maximum Gasteiger partial charge on any atom is 0.160 e. The molecule has 264 valence electrons. The molecule has 1 aliphatic rings. The summed E-state index contributed by atoms with van der Waals surface area (Å²) < 4.78 is 4.90. The van der Waals surface area contributed by atoms with Crippen molar-refractivity contribution in [1.82, 2.24) is 19.1 Å². The summed E-state index contributed by atoms with van der Waals surface area (Å²) in [7, 11) is 0. The Morgan fingerprint density at radius 3 is 1.64 bits per heavy atom. The topological polar surface area (TPSA) is 35.6 Å². The lowest BCUT2D eigenvalue weighted by Gasteiger charge is -2.18. The number of hydrogen-bond donors (Lipinski definition) is 0. The van der Waals surface area contributed by atoms with Crippen molar-refractivity contribution in [1.29, 1.82) is 0 Å². The molecule has 0 saturated heterocycles. The van der Waals surface area contributed by atoms with Gasteiger partial charge in [0, 0.05) is 55.5 Å². The average molecular weight is 717 g/mol. The Kier molecular flexibility index (Phi) is 7.59. The standard InChI is InChI=1S/C52H36N4/c1-3-17-35(18-4-1)40-21-7-8-22-41(40)47-34-46(53-52(54-47)36-19-5-2-6-20-36)37-31-38(55-48-27-13-9-23-42(48)43-24-10-14-28-49(43)55)33-39(32-37)56-50-29-15-11-25-44(50)45-26-12-16-30-51(45)56/h1-15,17-29,31-34H,16,30H2. The summed E-state index contributed by atoms with van der Waals surface area (Å²) in [6.45, 7) is 0. The van der Waals surface area contributed by atoms with Gasteiger partial charge in [0.15, 0.2) is 5.82 Å². The van der Waals surface area contributed by atoms with Crippen LogP contribution in [0.1, 0.15) is 17.7 Å². The maximum atomic E-state index is 5.38. The number of allylic oxidation sites excluding steroid dienone is 1. The second kappa shape index (κ2) is 13.2. The normalized spacial score (nSPS) is 12.4. The minimum atomic E-state index is 0.693. The van der Waals surface area contributed by atoms with E-state index in [1.165, 1.54) is 44.0 Å². The van der Waals surface area contributed by atoms with Gasteiger partial charge in [-0.05, 0) is 66.4 Å². The third kappa shape index (κ3) is 5.30. The zero-order valence-electron chi connectivity index (χ0n) is 30.7. The van der Waals surface area contributed by atoms with Crippen LogP contribution in [0.5, 0.6) is 0 Å². The van der Waals surface area contributed by atoms with Crippen molar-refractivity contribution in [2.24, 2.45) is 0 Å². The van der Waals surface area contributed by atoms with Gasteiger partial charge in [0.1, 0.15) is 0 Å². The second-order valence-corrected chi connectivity index (χ2v) is 14.5. The molecule has 0 unspecified atom stereocenters. The van der Waals surface area contributed by atoms with E-state index in [4.69, 9.17) is 9.97 Å². The zero-order valence-corrected chi connectivity index (χ0v) is 30.7. The molecule has 3 heterocycles. The molecule has 10 aromatic rings. The molecule has 0 spiro atoms. The molecule has 56 heavy (non-hydrogen) atoms. The maximum absolute atomic E-state index is 5.38. The summed E-state index contributed by atoms with van der Waals surface area (Å²) in [5.41, 5.74) is 15.5. The Labute approximate surface area is 325 Å². The van der Waals surface area contributed by atoms with Crippen LogP contribution in [0.4, 0.5) is 0 Å². The van der Waals surface area contributed by atoms with Gasteiger partial charge in [0.25, 0.3) is 0 Å². The Balaban J connectivity index is 1.22. The Hall–Kier alpha value is -7.30. The van der Waals surface area contributed by atoms with Crippen LogP contribution in [0.15, 0.2) is 188 Å². The second-order valence-electron chi connectivity index (χ2n) is 14.5. The Bertz CT molecular complexity index is 3080. The molecule has 3 aromatic heterocycles. The van der Waals surface area contributed by atoms with Crippen molar-refractivity contribution in [3.8, 4) is 56.4 Å². The highest BCUT2D eigenvalue weighted by Gasteiger charge is 2.22. The first kappa shape index (κ1) is 32.2. The van der Waals surface area contributed by atoms with Crippen LogP contribution < -0.4 is 0 Å². The van der Waals surface area contributed by atoms with Gasteiger partial charge in [-0.15, -0.1) is 0 Å². The SMILES string of the molecule is C1=Cc2c(n(-c3cc(-c4cc(-c5ccccc5-c5ccccc5)nc(-c5ccccc5)n4)cc(-n4c5ccccc5c5ccccc54)c3)c3ccccc23)CC1. The van der Waals surface area contributed by atoms with Crippen molar-refractivity contribution in [3.63, 3.8) is 0 Å². The molecule has 1 aliphatic carbocycles. The molecular formula is C52H36N4. The van der Waals surface area contributed by atoms with Crippen LogP contribution in [0.2, 0.25) is 0 Å². The largest absolute Gasteiger partial charge is 0.313 e. The van der Waals surface area contributed by atoms with Crippen molar-refractivity contribution in [2.75, 3.05) is 0 Å². The lowest BCUT2D eigenvalue weighted by Crippen LogP contribution is -2.05. The van der Waals surface area contributed by atoms with Crippen LogP contribution in [0, 0.1) is 0 Å². The van der Waals surface area contributed by atoms with Gasteiger partial charge in [-0.2, -0.15) is 0 Å². The van der Waals surface area contributed by atoms with Gasteiger partial charge >= 0.3 is 0 Å². The zero-order chi connectivity index (χ0) is 37.0. The van der Waals surface area contributed by atoms with E-state index >= 15 is 0 Å². The molecule has 0 radical (unpaired) electrons. The van der Waals surface area contributed by atoms with E-state index in [1.54, 1.807) is 0 Å². The third-order valence-corrected chi connectivity index (χ3v) is 11.2. The van der Waals surface area contributed by atoms with Crippen LogP contribution in [0.3, 0.4) is 0 Å². The van der Waals surface area contributed by atoms with E-state index < -0.39 is 0 Å². The van der Waals surface area contributed by atoms with Gasteiger partial charge in [0.2, 0.25) is 0 Å². The fraction of sp³-hybridized carbons (Fsp3) is 0.0385. The Morgan fingerprint density at radius 1 is 0.411 bits per heavy atom. The molecule has 4 nitrogen and oxygen atoms in total. The number of benzene rings is 7. The van der Waals surface area contributed by atoms with E-state index in [9.17, 15) is 0 Å². The number of nitrogens with zero attached hydrogens (tertiary/aromatic N) is 4. The molecule has 0 atom stereocenters. The molecule has 0 amide bonds. The van der Waals surface area contributed by atoms with Crippen LogP contribution in [0.25, 0.3) is 95.2 Å². The third-order valence-electron chi connectivity index (χ3n) is 11.2. The molecule has 0 N–H and O–H groups in total. The molecule has 0 fully saturated rings. The van der Waals surface area contributed by atoms with E-state index in [1.807, 2.05) is 6.07 Å². The summed E-state index contributed by atoms with van der Waals surface area (Å²) in [6, 6.07) is 64.9. The highest BCUT2D eigenvalue weighted by atomic mass is 15.0. The van der Waals surface area contributed by atoms with E-state index in [-0.39, 0.29) is 0 Å². The van der Waals surface area contributed by atoms with Crippen LogP contribution in [-0.4, -0.2) is 19.1 Å². The van der Waals surface area contributed by atoms with E-state index in [0.29, 0.717) is 5.82 Å². The van der Waals surface area contributed by atoms with E-state index in [2.05, 4.69) is 197 Å². The van der Waals surface area contributed by atoms with Gasteiger partial charge in [-0.25, -0.2) is 9.97 Å². The smallest absolute Gasteiger partial charge is 0.160 e. The number of rotatable bonds is 6. The number of hydrogen-bond acceptors (Lipinski definition) is 2. The summed E-state index contributed by atoms with van der Waals surface area (Å²) in [5.74, 6) is 0.693. The van der Waals surface area contributed by atoms with Gasteiger partial charge in [-0.1, -0.05) is 152 Å². The summed E-state index contributed by atoms with van der Waals surface area (Å²) in [6.07, 6.45) is 6.60. The minimum absolute atomic E-state index is 0.693. The first-order valence-corrected chi connectivity index (χ1v) is 19.3. The molecular weight excluding hydrogens is 681 g/mol. The summed E-state index contributed by atoms with van der Waals surface area (Å²) >= 11 is 0. The molecule has 0 bridgehead atoms. The summed E-state index contributed by atoms with van der Waals surface area (Å²) in [4.78, 5) is 10.7. The number of fused-ring (bicyclic) bond motifs is 6. The lowest BCUT2D eigenvalue weighted by atomic mass is 9.96. The highest BCUT2D eigenvalue weighted by Crippen LogP contribution is 2.40. The van der Waals surface area contributed by atoms with Crippen LogP contribution in [-0.2, 0) is 6.42 Å². The number of aromatic nitrogens is 4. The fourth-order valence-corrected chi connectivity index (χ4v) is 8.69. The Morgan fingerprint density at radius 2 is 0.946 bits per heavy atom. The van der Waals surface area contributed by atoms with Gasteiger partial charge in [0.05, 0.1) is 27.9 Å². The van der Waals surface area contributed by atoms with Gasteiger partial charge < -0.3 is 9.13 Å². The highest BCUT2D eigenvalue weighted by molar-refractivity contribution is 6.09. The summed E-state index contributed by atoms with van der Waals surface area (Å²) in [5, 5.41) is 3.74. The van der Waals surface area contributed by atoms with E-state index in [0.717, 1.165) is 63.4 Å². The monoisotopic (exact) mass is 716 g/mol. The lowest BCUT2D eigenvalue weighted by molar-refractivity contribution is 0.888. The first-order chi connectivity index (χ1) is 27.8. The van der Waals surface area contributed by atoms with Crippen molar-refractivity contribution in [3.05, 3.63) is 199 Å². The molecule has 7 aromatic carbocycles. The predicted molar refractivity (Wildman–Crippen MR) is 232 cm³/mol. The van der Waals surface area contributed by atoms with Gasteiger partial charge in [-0.3, -0.25) is 0 Å². The minimum Gasteiger partial charge on any atom is -0.313 e. The predicted octanol–water partition coefficient (Wildman–Crippen LogP) is 13.1. The molecule has 11 rings (SSSR count). The fourth-order valence-electron chi connectivity index (χ4n) is 8.69. The van der Waals surface area contributed by atoms with Crippen molar-refractivity contribution in [2.45, 2.75) is 12.8 Å². The first-order valence-electron chi connectivity index (χ1n) is 19.3. The number of para-hydroxylation sites is 3. The quantitative estimate of drug-likeness (QED) is 0.172. The van der Waals surface area contributed by atoms with Crippen LogP contribution >= 0.6 is 0 Å². The molecule has 0 aliphatic heterocycles. The molecule has 4 heteroatoms. The molecule has 0 saturated carbocycles. The van der Waals surface area contributed by atoms with Crippen molar-refractivity contribution >= 4 is 38.8 Å². The average Bonchev–Trinajstić information content (AvgIpc) is 3.80. The van der Waals surface area contributed by atoms with Crippen molar-refractivity contribution < 1.29 is 0 Å².